The van der Waals surface area contributed by atoms with Crippen LogP contribution in [0, 0.1) is 6.92 Å². The normalized spacial score (nSPS) is 11.4. The maximum absolute atomic E-state index is 12.9. The molecule has 0 atom stereocenters. The Morgan fingerprint density at radius 2 is 1.58 bits per heavy atom. The van der Waals surface area contributed by atoms with Gasteiger partial charge in [-0.3, -0.25) is 0 Å². The van der Waals surface area contributed by atoms with Gasteiger partial charge >= 0.3 is 5.97 Å². The molecule has 0 saturated carbocycles. The second-order valence-electron chi connectivity index (χ2n) is 5.50. The minimum atomic E-state index is -3.72. The van der Waals surface area contributed by atoms with Gasteiger partial charge in [-0.05, 0) is 42.0 Å². The number of hydrogen-bond acceptors (Lipinski definition) is 4. The number of carbonyl (C=O) groups excluding carboxylic acids is 1. The number of rotatable bonds is 3. The Bertz CT molecular complexity index is 1020. The zero-order valence-corrected chi connectivity index (χ0v) is 14.1. The summed E-state index contributed by atoms with van der Waals surface area (Å²) in [7, 11) is -2.44. The van der Waals surface area contributed by atoms with Crippen LogP contribution in [0.1, 0.15) is 15.9 Å². The van der Waals surface area contributed by atoms with Crippen LogP contribution in [0.15, 0.2) is 70.5 Å². The van der Waals surface area contributed by atoms with Crippen LogP contribution >= 0.6 is 0 Å². The summed E-state index contributed by atoms with van der Waals surface area (Å²) in [6, 6.07) is 16.7. The molecule has 0 unspecified atom stereocenters. The lowest BCUT2D eigenvalue weighted by molar-refractivity contribution is 0.0602. The highest BCUT2D eigenvalue weighted by atomic mass is 32.2. The fourth-order valence-electron chi connectivity index (χ4n) is 2.57. The van der Waals surface area contributed by atoms with Crippen LogP contribution in [-0.4, -0.2) is 21.5 Å². The van der Waals surface area contributed by atoms with E-state index in [4.69, 9.17) is 4.74 Å². The molecule has 122 valence electrons. The number of aryl methyl sites for hydroxylation is 1. The van der Waals surface area contributed by atoms with E-state index < -0.39 is 15.8 Å². The first kappa shape index (κ1) is 16.2. The Morgan fingerprint density at radius 3 is 2.25 bits per heavy atom. The first-order valence-corrected chi connectivity index (χ1v) is 8.84. The Labute approximate surface area is 140 Å². The molecule has 0 aliphatic rings. The molecule has 0 amide bonds. The van der Waals surface area contributed by atoms with Crippen molar-refractivity contribution in [1.82, 2.24) is 0 Å². The van der Waals surface area contributed by atoms with Crippen LogP contribution in [0.2, 0.25) is 0 Å². The highest BCUT2D eigenvalue weighted by molar-refractivity contribution is 7.91. The number of sulfone groups is 1. The zero-order chi connectivity index (χ0) is 17.3. The smallest absolute Gasteiger partial charge is 0.338 e. The van der Waals surface area contributed by atoms with E-state index in [1.165, 1.54) is 13.2 Å². The van der Waals surface area contributed by atoms with Crippen LogP contribution in [0.3, 0.4) is 0 Å². The molecule has 0 saturated heterocycles. The molecule has 5 heteroatoms. The summed E-state index contributed by atoms with van der Waals surface area (Å²) in [5.41, 5.74) is 1.21. The number of fused-ring (bicyclic) bond motifs is 1. The maximum Gasteiger partial charge on any atom is 0.338 e. The maximum atomic E-state index is 12.9. The van der Waals surface area contributed by atoms with E-state index >= 15 is 0 Å². The fourth-order valence-corrected chi connectivity index (χ4v) is 3.89. The van der Waals surface area contributed by atoms with Gasteiger partial charge in [-0.15, -0.1) is 0 Å². The van der Waals surface area contributed by atoms with E-state index in [2.05, 4.69) is 0 Å². The van der Waals surface area contributed by atoms with Crippen molar-refractivity contribution in [3.8, 4) is 0 Å². The number of carbonyl (C=O) groups is 1. The summed E-state index contributed by atoms with van der Waals surface area (Å²) in [5, 5.41) is 1.33. The minimum absolute atomic E-state index is 0.0745. The van der Waals surface area contributed by atoms with Crippen LogP contribution in [0.4, 0.5) is 0 Å². The van der Waals surface area contributed by atoms with Crippen LogP contribution in [-0.2, 0) is 14.6 Å². The number of hydrogen-bond donors (Lipinski definition) is 0. The lowest BCUT2D eigenvalue weighted by Gasteiger charge is -2.10. The predicted molar refractivity (Wildman–Crippen MR) is 91.9 cm³/mol. The monoisotopic (exact) mass is 340 g/mol. The lowest BCUT2D eigenvalue weighted by Crippen LogP contribution is -2.07. The predicted octanol–water partition coefficient (Wildman–Crippen LogP) is 3.77. The number of esters is 1. The Hall–Kier alpha value is -2.66. The Balaban J connectivity index is 2.26. The van der Waals surface area contributed by atoms with Gasteiger partial charge in [0.2, 0.25) is 9.84 Å². The van der Waals surface area contributed by atoms with Crippen LogP contribution < -0.4 is 0 Å². The summed E-state index contributed by atoms with van der Waals surface area (Å²) in [6.07, 6.45) is 0. The quantitative estimate of drug-likeness (QED) is 0.681. The standard InChI is InChI=1S/C19H16O4S/c1-13-7-9-15(10-8-13)24(21,22)16-11-14-5-3-4-6-17(14)18(12-16)19(20)23-2/h3-12H,1-2H3. The van der Waals surface area contributed by atoms with Gasteiger partial charge in [0.25, 0.3) is 0 Å². The van der Waals surface area contributed by atoms with Crippen molar-refractivity contribution in [1.29, 1.82) is 0 Å². The van der Waals surface area contributed by atoms with E-state index in [0.29, 0.717) is 10.8 Å². The minimum Gasteiger partial charge on any atom is -0.465 e. The van der Waals surface area contributed by atoms with E-state index in [1.54, 1.807) is 54.6 Å². The number of methoxy groups -OCH3 is 1. The van der Waals surface area contributed by atoms with Crippen molar-refractivity contribution < 1.29 is 17.9 Å². The van der Waals surface area contributed by atoms with Crippen molar-refractivity contribution in [2.75, 3.05) is 7.11 Å². The summed E-state index contributed by atoms with van der Waals surface area (Å²) in [5.74, 6) is -0.563. The molecule has 0 aliphatic heterocycles. The van der Waals surface area contributed by atoms with Crippen molar-refractivity contribution in [2.24, 2.45) is 0 Å². The molecular formula is C19H16O4S. The summed E-state index contributed by atoms with van der Waals surface area (Å²) >= 11 is 0. The van der Waals surface area contributed by atoms with Gasteiger partial charge in [-0.1, -0.05) is 42.0 Å². The van der Waals surface area contributed by atoms with E-state index in [9.17, 15) is 13.2 Å². The largest absolute Gasteiger partial charge is 0.465 e. The third-order valence-electron chi connectivity index (χ3n) is 3.88. The van der Waals surface area contributed by atoms with Gasteiger partial charge in [0, 0.05) is 0 Å². The van der Waals surface area contributed by atoms with Gasteiger partial charge in [0.1, 0.15) is 0 Å². The summed E-state index contributed by atoms with van der Waals surface area (Å²) in [4.78, 5) is 12.3. The SMILES string of the molecule is COC(=O)c1cc(S(=O)(=O)c2ccc(C)cc2)cc2ccccc12. The van der Waals surface area contributed by atoms with Crippen molar-refractivity contribution in [2.45, 2.75) is 16.7 Å². The van der Waals surface area contributed by atoms with Crippen LogP contribution in [0.5, 0.6) is 0 Å². The second kappa shape index (κ2) is 6.09. The first-order chi connectivity index (χ1) is 11.4. The van der Waals surface area contributed by atoms with Gasteiger partial charge in [-0.25, -0.2) is 13.2 Å². The topological polar surface area (TPSA) is 60.4 Å². The highest BCUT2D eigenvalue weighted by Gasteiger charge is 2.21. The number of benzene rings is 3. The zero-order valence-electron chi connectivity index (χ0n) is 13.3. The lowest BCUT2D eigenvalue weighted by atomic mass is 10.0. The molecule has 0 N–H and O–H groups in total. The van der Waals surface area contributed by atoms with E-state index in [-0.39, 0.29) is 15.4 Å². The average Bonchev–Trinajstić information content (AvgIpc) is 2.60. The molecular weight excluding hydrogens is 324 g/mol. The highest BCUT2D eigenvalue weighted by Crippen LogP contribution is 2.28. The summed E-state index contributed by atoms with van der Waals surface area (Å²) in [6.45, 7) is 1.89. The fraction of sp³-hybridized carbons (Fsp3) is 0.105. The van der Waals surface area contributed by atoms with Crippen molar-refractivity contribution in [3.63, 3.8) is 0 Å². The Kier molecular flexibility index (Phi) is 4.11. The van der Waals surface area contributed by atoms with Gasteiger partial charge in [0.05, 0.1) is 22.5 Å². The van der Waals surface area contributed by atoms with Gasteiger partial charge in [-0.2, -0.15) is 0 Å². The molecule has 0 spiro atoms. The van der Waals surface area contributed by atoms with E-state index in [1.807, 2.05) is 6.92 Å². The molecule has 0 aliphatic carbocycles. The molecule has 3 aromatic rings. The second-order valence-corrected chi connectivity index (χ2v) is 7.45. The van der Waals surface area contributed by atoms with Gasteiger partial charge < -0.3 is 4.74 Å². The molecule has 3 aromatic carbocycles. The molecule has 0 bridgehead atoms. The molecule has 0 radical (unpaired) electrons. The molecule has 24 heavy (non-hydrogen) atoms. The van der Waals surface area contributed by atoms with Crippen molar-refractivity contribution >= 4 is 26.6 Å². The average molecular weight is 340 g/mol. The van der Waals surface area contributed by atoms with Crippen LogP contribution in [0.25, 0.3) is 10.8 Å². The van der Waals surface area contributed by atoms with Crippen molar-refractivity contribution in [3.05, 3.63) is 71.8 Å². The molecule has 0 fully saturated rings. The molecule has 0 aromatic heterocycles. The third kappa shape index (κ3) is 2.78. The first-order valence-electron chi connectivity index (χ1n) is 7.36. The molecule has 4 nitrogen and oxygen atoms in total. The molecule has 3 rings (SSSR count). The third-order valence-corrected chi connectivity index (χ3v) is 5.63. The van der Waals surface area contributed by atoms with E-state index in [0.717, 1.165) is 5.56 Å². The molecule has 0 heterocycles. The number of ether oxygens (including phenoxy) is 1. The Morgan fingerprint density at radius 1 is 0.917 bits per heavy atom. The van der Waals surface area contributed by atoms with Gasteiger partial charge in [0.15, 0.2) is 0 Å². The summed E-state index contributed by atoms with van der Waals surface area (Å²) < 4.78 is 30.6.